The topological polar surface area (TPSA) is 71.8 Å². The van der Waals surface area contributed by atoms with Crippen LogP contribution in [-0.2, 0) is 6.42 Å². The molecular formula is C20H23N5O. The Labute approximate surface area is 153 Å². The standard InChI is InChI=1S/C20H23N5O/c1-15-6-7-17(13-23-15)8-9-22-20(26)24-16(2)18-4-3-5-19(12-18)25-11-10-21-14-25/h3-7,10-14,16H,8-9H2,1-2H3,(H2,22,24,26)/t16-/m0/s1. The van der Waals surface area contributed by atoms with E-state index >= 15 is 0 Å². The van der Waals surface area contributed by atoms with Crippen molar-refractivity contribution in [1.82, 2.24) is 25.2 Å². The van der Waals surface area contributed by atoms with E-state index in [0.29, 0.717) is 6.54 Å². The molecule has 0 aliphatic heterocycles. The molecule has 6 nitrogen and oxygen atoms in total. The molecule has 3 rings (SSSR count). The summed E-state index contributed by atoms with van der Waals surface area (Å²) in [5.41, 5.74) is 4.15. The first-order chi connectivity index (χ1) is 12.6. The number of amides is 2. The zero-order chi connectivity index (χ0) is 18.4. The summed E-state index contributed by atoms with van der Waals surface area (Å²) in [6.45, 7) is 4.49. The summed E-state index contributed by atoms with van der Waals surface area (Å²) in [6, 6.07) is 11.8. The molecule has 2 N–H and O–H groups in total. The zero-order valence-electron chi connectivity index (χ0n) is 15.0. The molecule has 0 saturated carbocycles. The Morgan fingerprint density at radius 1 is 1.27 bits per heavy atom. The van der Waals surface area contributed by atoms with Crippen LogP contribution in [0.15, 0.2) is 61.3 Å². The maximum Gasteiger partial charge on any atom is 0.315 e. The smallest absolute Gasteiger partial charge is 0.315 e. The van der Waals surface area contributed by atoms with Gasteiger partial charge in [0.2, 0.25) is 0 Å². The number of carbonyl (C=O) groups excluding carboxylic acids is 1. The van der Waals surface area contributed by atoms with Crippen LogP contribution in [0.2, 0.25) is 0 Å². The summed E-state index contributed by atoms with van der Waals surface area (Å²) in [4.78, 5) is 20.5. The lowest BCUT2D eigenvalue weighted by Gasteiger charge is -2.16. The summed E-state index contributed by atoms with van der Waals surface area (Å²) in [6.07, 6.45) is 7.99. The van der Waals surface area contributed by atoms with Gasteiger partial charge in [-0.15, -0.1) is 0 Å². The van der Waals surface area contributed by atoms with Crippen molar-refractivity contribution < 1.29 is 4.79 Å². The second kappa shape index (κ2) is 8.29. The highest BCUT2D eigenvalue weighted by Gasteiger charge is 2.10. The van der Waals surface area contributed by atoms with E-state index in [4.69, 9.17) is 0 Å². The Kier molecular flexibility index (Phi) is 5.63. The number of hydrogen-bond donors (Lipinski definition) is 2. The fourth-order valence-corrected chi connectivity index (χ4v) is 2.66. The molecule has 2 heterocycles. The largest absolute Gasteiger partial charge is 0.338 e. The molecule has 1 atom stereocenters. The number of nitrogens with zero attached hydrogens (tertiary/aromatic N) is 3. The fourth-order valence-electron chi connectivity index (χ4n) is 2.66. The van der Waals surface area contributed by atoms with Crippen LogP contribution in [0.5, 0.6) is 0 Å². The first-order valence-electron chi connectivity index (χ1n) is 8.66. The molecule has 0 bridgehead atoms. The van der Waals surface area contributed by atoms with Gasteiger partial charge in [-0.2, -0.15) is 0 Å². The van der Waals surface area contributed by atoms with E-state index in [2.05, 4.69) is 20.6 Å². The lowest BCUT2D eigenvalue weighted by molar-refractivity contribution is 0.238. The molecule has 1 aromatic carbocycles. The van der Waals surface area contributed by atoms with Gasteiger partial charge in [-0.25, -0.2) is 9.78 Å². The Hall–Kier alpha value is -3.15. The molecule has 6 heteroatoms. The van der Waals surface area contributed by atoms with Gasteiger partial charge in [0.05, 0.1) is 12.4 Å². The van der Waals surface area contributed by atoms with Gasteiger partial charge in [0.25, 0.3) is 0 Å². The number of imidazole rings is 1. The summed E-state index contributed by atoms with van der Waals surface area (Å²) in [5, 5.41) is 5.87. The van der Waals surface area contributed by atoms with Gasteiger partial charge in [0.15, 0.2) is 0 Å². The first kappa shape index (κ1) is 17.7. The summed E-state index contributed by atoms with van der Waals surface area (Å²) >= 11 is 0. The third-order valence-electron chi connectivity index (χ3n) is 4.19. The molecule has 134 valence electrons. The van der Waals surface area contributed by atoms with Crippen LogP contribution in [0.25, 0.3) is 5.69 Å². The van der Waals surface area contributed by atoms with E-state index in [9.17, 15) is 4.79 Å². The number of pyridine rings is 1. The van der Waals surface area contributed by atoms with Crippen molar-refractivity contribution in [3.8, 4) is 5.69 Å². The Bertz CT molecular complexity index is 843. The first-order valence-corrected chi connectivity index (χ1v) is 8.66. The van der Waals surface area contributed by atoms with E-state index in [0.717, 1.165) is 28.9 Å². The van der Waals surface area contributed by atoms with Crippen molar-refractivity contribution in [3.05, 3.63) is 78.1 Å². The summed E-state index contributed by atoms with van der Waals surface area (Å²) in [5.74, 6) is 0. The molecule has 0 aliphatic carbocycles. The van der Waals surface area contributed by atoms with Gasteiger partial charge in [0, 0.05) is 36.5 Å². The monoisotopic (exact) mass is 349 g/mol. The average molecular weight is 349 g/mol. The van der Waals surface area contributed by atoms with Crippen molar-refractivity contribution in [2.24, 2.45) is 0 Å². The Morgan fingerprint density at radius 3 is 2.88 bits per heavy atom. The van der Waals surface area contributed by atoms with E-state index < -0.39 is 0 Å². The van der Waals surface area contributed by atoms with Crippen LogP contribution >= 0.6 is 0 Å². The third-order valence-corrected chi connectivity index (χ3v) is 4.19. The minimum absolute atomic E-state index is 0.0977. The number of nitrogens with one attached hydrogen (secondary N) is 2. The molecule has 0 saturated heterocycles. The summed E-state index contributed by atoms with van der Waals surface area (Å²) in [7, 11) is 0. The molecule has 0 radical (unpaired) electrons. The van der Waals surface area contributed by atoms with Gasteiger partial charge in [0.1, 0.15) is 0 Å². The van der Waals surface area contributed by atoms with Crippen molar-refractivity contribution in [3.63, 3.8) is 0 Å². The van der Waals surface area contributed by atoms with E-state index in [1.165, 1.54) is 0 Å². The SMILES string of the molecule is Cc1ccc(CCNC(=O)N[C@@H](C)c2cccc(-n3ccnc3)c2)cn1. The van der Waals surface area contributed by atoms with Crippen LogP contribution in [0.4, 0.5) is 4.79 Å². The normalized spacial score (nSPS) is 11.8. The molecule has 26 heavy (non-hydrogen) atoms. The molecule has 0 fully saturated rings. The lowest BCUT2D eigenvalue weighted by atomic mass is 10.1. The van der Waals surface area contributed by atoms with Crippen LogP contribution in [0.3, 0.4) is 0 Å². The number of rotatable bonds is 6. The number of urea groups is 1. The predicted molar refractivity (Wildman–Crippen MR) is 101 cm³/mol. The molecular weight excluding hydrogens is 326 g/mol. The molecule has 0 spiro atoms. The number of carbonyl (C=O) groups is 1. The third kappa shape index (κ3) is 4.69. The van der Waals surface area contributed by atoms with Gasteiger partial charge in [-0.05, 0) is 49.6 Å². The minimum atomic E-state index is -0.175. The molecule has 0 aliphatic rings. The average Bonchev–Trinajstić information content (AvgIpc) is 3.18. The van der Waals surface area contributed by atoms with E-state index in [1.54, 1.807) is 12.5 Å². The predicted octanol–water partition coefficient (Wildman–Crippen LogP) is 3.18. The zero-order valence-corrected chi connectivity index (χ0v) is 15.0. The number of aryl methyl sites for hydroxylation is 1. The molecule has 2 aromatic heterocycles. The van der Waals surface area contributed by atoms with Crippen molar-refractivity contribution in [1.29, 1.82) is 0 Å². The van der Waals surface area contributed by atoms with Crippen LogP contribution in [0.1, 0.15) is 29.8 Å². The van der Waals surface area contributed by atoms with Crippen LogP contribution in [-0.4, -0.2) is 27.1 Å². The Balaban J connectivity index is 1.51. The highest BCUT2D eigenvalue weighted by Crippen LogP contribution is 2.16. The quantitative estimate of drug-likeness (QED) is 0.718. The lowest BCUT2D eigenvalue weighted by Crippen LogP contribution is -2.38. The number of aromatic nitrogens is 3. The Morgan fingerprint density at radius 2 is 2.15 bits per heavy atom. The van der Waals surface area contributed by atoms with Crippen LogP contribution < -0.4 is 10.6 Å². The highest BCUT2D eigenvalue weighted by molar-refractivity contribution is 5.74. The van der Waals surface area contributed by atoms with Crippen LogP contribution in [0, 0.1) is 6.92 Å². The maximum absolute atomic E-state index is 12.1. The fraction of sp³-hybridized carbons (Fsp3) is 0.250. The second-order valence-corrected chi connectivity index (χ2v) is 6.24. The van der Waals surface area contributed by atoms with Gasteiger partial charge < -0.3 is 15.2 Å². The minimum Gasteiger partial charge on any atom is -0.338 e. The van der Waals surface area contributed by atoms with Gasteiger partial charge in [-0.1, -0.05) is 18.2 Å². The second-order valence-electron chi connectivity index (χ2n) is 6.24. The van der Waals surface area contributed by atoms with Crippen molar-refractivity contribution in [2.75, 3.05) is 6.54 Å². The van der Waals surface area contributed by atoms with Gasteiger partial charge in [-0.3, -0.25) is 4.98 Å². The van der Waals surface area contributed by atoms with Gasteiger partial charge >= 0.3 is 6.03 Å². The number of benzene rings is 1. The van der Waals surface area contributed by atoms with E-state index in [-0.39, 0.29) is 12.1 Å². The maximum atomic E-state index is 12.1. The number of hydrogen-bond acceptors (Lipinski definition) is 3. The summed E-state index contributed by atoms with van der Waals surface area (Å²) < 4.78 is 1.94. The molecule has 2 amide bonds. The van der Waals surface area contributed by atoms with Crippen molar-refractivity contribution in [2.45, 2.75) is 26.3 Å². The highest BCUT2D eigenvalue weighted by atomic mass is 16.2. The molecule has 3 aromatic rings. The van der Waals surface area contributed by atoms with E-state index in [1.807, 2.05) is 67.2 Å². The molecule has 0 unspecified atom stereocenters. The van der Waals surface area contributed by atoms with Crippen molar-refractivity contribution >= 4 is 6.03 Å².